The van der Waals surface area contributed by atoms with Crippen molar-refractivity contribution in [3.05, 3.63) is 89.7 Å². The van der Waals surface area contributed by atoms with Crippen molar-refractivity contribution in [2.24, 2.45) is 10.9 Å². The third-order valence-corrected chi connectivity index (χ3v) is 8.89. The number of carbonyl (C=O) groups is 1. The lowest BCUT2D eigenvalue weighted by molar-refractivity contribution is -0.274. The van der Waals surface area contributed by atoms with E-state index in [4.69, 9.17) is 0 Å². The van der Waals surface area contributed by atoms with Gasteiger partial charge in [0.2, 0.25) is 0 Å². The number of benzene rings is 3. The van der Waals surface area contributed by atoms with Gasteiger partial charge in [-0.25, -0.2) is 14.5 Å². The average Bonchev–Trinajstić information content (AvgIpc) is 3.50. The minimum atomic E-state index is -4.75. The molecule has 12 heteroatoms. The minimum Gasteiger partial charge on any atom is -0.406 e. The number of aryl methyl sites for hydroxylation is 1. The molecule has 2 atom stereocenters. The molecule has 2 heterocycles. The highest BCUT2D eigenvalue weighted by atomic mass is 32.2. The number of hydrogen-bond donors (Lipinski definition) is 1. The quantitative estimate of drug-likeness (QED) is 0.193. The number of anilines is 1. The Morgan fingerprint density at radius 3 is 2.49 bits per heavy atom. The van der Waals surface area contributed by atoms with Gasteiger partial charge in [0.15, 0.2) is 11.0 Å². The lowest BCUT2D eigenvalue weighted by Crippen LogP contribution is -2.43. The number of amides is 2. The smallest absolute Gasteiger partial charge is 0.406 e. The molecule has 3 aromatic carbocycles. The maximum atomic E-state index is 13.0. The maximum Gasteiger partial charge on any atom is 0.573 e. The van der Waals surface area contributed by atoms with Crippen LogP contribution in [-0.4, -0.2) is 50.7 Å². The lowest BCUT2D eigenvalue weighted by atomic mass is 9.98. The molecular formula is C35H39F3N6O2S. The van der Waals surface area contributed by atoms with Crippen molar-refractivity contribution >= 4 is 28.6 Å². The number of thioether (sulfide) groups is 1. The summed E-state index contributed by atoms with van der Waals surface area (Å²) >= 11 is 1.62. The molecule has 1 fully saturated rings. The Bertz CT molecular complexity index is 1700. The Morgan fingerprint density at radius 2 is 1.81 bits per heavy atom. The summed E-state index contributed by atoms with van der Waals surface area (Å²) in [5.41, 5.74) is 6.00. The van der Waals surface area contributed by atoms with Crippen molar-refractivity contribution in [1.82, 2.24) is 20.1 Å². The first-order chi connectivity index (χ1) is 22.4. The van der Waals surface area contributed by atoms with Gasteiger partial charge in [-0.2, -0.15) is 4.99 Å². The molecule has 0 bridgehead atoms. The number of amidine groups is 1. The molecule has 8 nitrogen and oxygen atoms in total. The molecule has 1 aliphatic heterocycles. The van der Waals surface area contributed by atoms with Crippen LogP contribution >= 0.6 is 11.8 Å². The highest BCUT2D eigenvalue weighted by Gasteiger charge is 2.31. The average molecular weight is 665 g/mol. The summed E-state index contributed by atoms with van der Waals surface area (Å²) in [4.78, 5) is 24.1. The molecule has 1 N–H and O–H groups in total. The number of aliphatic imine (C=N–C) groups is 1. The molecule has 47 heavy (non-hydrogen) atoms. The van der Waals surface area contributed by atoms with E-state index in [1.807, 2.05) is 24.3 Å². The van der Waals surface area contributed by atoms with E-state index < -0.39 is 6.36 Å². The predicted molar refractivity (Wildman–Crippen MR) is 181 cm³/mol. The summed E-state index contributed by atoms with van der Waals surface area (Å²) in [5.74, 6) is 1.62. The number of ether oxygens (including phenoxy) is 1. The third-order valence-electron chi connectivity index (χ3n) is 7.90. The van der Waals surface area contributed by atoms with Gasteiger partial charge < -0.3 is 15.0 Å². The van der Waals surface area contributed by atoms with E-state index in [2.05, 4.69) is 82.8 Å². The highest BCUT2D eigenvalue weighted by Crippen LogP contribution is 2.35. The van der Waals surface area contributed by atoms with E-state index in [-0.39, 0.29) is 23.7 Å². The van der Waals surface area contributed by atoms with E-state index >= 15 is 0 Å². The monoisotopic (exact) mass is 664 g/mol. The van der Waals surface area contributed by atoms with Gasteiger partial charge in [0.25, 0.3) is 0 Å². The summed E-state index contributed by atoms with van der Waals surface area (Å²) < 4.78 is 42.7. The molecule has 4 aromatic rings. The largest absolute Gasteiger partial charge is 0.573 e. The van der Waals surface area contributed by atoms with Crippen molar-refractivity contribution in [3.63, 3.8) is 0 Å². The molecular weight excluding hydrogens is 625 g/mol. The molecule has 2 unspecified atom stereocenters. The van der Waals surface area contributed by atoms with Gasteiger partial charge in [-0.3, -0.25) is 0 Å². The van der Waals surface area contributed by atoms with Crippen LogP contribution in [0.3, 0.4) is 0 Å². The summed E-state index contributed by atoms with van der Waals surface area (Å²) in [6.45, 7) is 11.2. The van der Waals surface area contributed by atoms with Crippen LogP contribution in [-0.2, 0) is 6.42 Å². The molecule has 1 aromatic heterocycles. The fourth-order valence-electron chi connectivity index (χ4n) is 5.46. The Labute approximate surface area is 277 Å². The summed E-state index contributed by atoms with van der Waals surface area (Å²) in [5, 5.41) is 8.21. The fourth-order valence-corrected chi connectivity index (χ4v) is 6.66. The number of nitrogens with zero attached hydrogens (tertiary/aromatic N) is 5. The zero-order valence-electron chi connectivity index (χ0n) is 27.1. The van der Waals surface area contributed by atoms with E-state index in [0.29, 0.717) is 24.0 Å². The van der Waals surface area contributed by atoms with Crippen LogP contribution in [0.15, 0.2) is 78.0 Å². The topological polar surface area (TPSA) is 84.6 Å². The van der Waals surface area contributed by atoms with E-state index in [1.165, 1.54) is 46.4 Å². The van der Waals surface area contributed by atoms with Crippen molar-refractivity contribution in [3.8, 4) is 22.8 Å². The van der Waals surface area contributed by atoms with Crippen LogP contribution < -0.4 is 15.0 Å². The molecule has 5 rings (SSSR count). The lowest BCUT2D eigenvalue weighted by Gasteiger charge is -2.37. The second kappa shape index (κ2) is 14.6. The Kier molecular flexibility index (Phi) is 10.6. The number of urea groups is 1. The van der Waals surface area contributed by atoms with Crippen molar-refractivity contribution < 1.29 is 22.7 Å². The zero-order valence-corrected chi connectivity index (χ0v) is 27.9. The number of aromatic nitrogens is 3. The standard InChI is InChI=1S/C35H39F3N6O2S/c1-22(2)30-15-6-23(3)19-31(30)44-25(5)16-17-47-34(44)41-33(45)39-20-24(4)18-26-7-9-27(10-8-26)32-40-21-43(42-32)28-11-13-29(14-12-28)46-35(36,37)38/h6-15,19,21-22,24-25H,16-18,20H2,1-5H3,(H,39,45)/b41-34-. The van der Waals surface area contributed by atoms with Gasteiger partial charge in [0.1, 0.15) is 12.1 Å². The molecule has 1 aliphatic rings. The second-order valence-electron chi connectivity index (χ2n) is 12.2. The van der Waals surface area contributed by atoms with Gasteiger partial charge in [-0.15, -0.1) is 18.3 Å². The first-order valence-electron chi connectivity index (χ1n) is 15.6. The predicted octanol–water partition coefficient (Wildman–Crippen LogP) is 8.54. The fraction of sp³-hybridized carbons (Fsp3) is 0.371. The van der Waals surface area contributed by atoms with Gasteiger partial charge >= 0.3 is 12.4 Å². The number of rotatable bonds is 9. The van der Waals surface area contributed by atoms with Crippen LogP contribution in [0.25, 0.3) is 17.1 Å². The molecule has 1 saturated heterocycles. The number of hydrogen-bond acceptors (Lipinski definition) is 5. The zero-order chi connectivity index (χ0) is 33.7. The van der Waals surface area contributed by atoms with Crippen molar-refractivity contribution in [1.29, 1.82) is 0 Å². The molecule has 0 aliphatic carbocycles. The normalized spacial score (nSPS) is 16.8. The summed E-state index contributed by atoms with van der Waals surface area (Å²) in [7, 11) is 0. The van der Waals surface area contributed by atoms with Crippen LogP contribution in [0.1, 0.15) is 56.7 Å². The van der Waals surface area contributed by atoms with Crippen LogP contribution in [0.4, 0.5) is 23.7 Å². The Morgan fingerprint density at radius 1 is 1.09 bits per heavy atom. The molecule has 0 spiro atoms. The summed E-state index contributed by atoms with van der Waals surface area (Å²) in [6.07, 6.45) is -1.47. The number of halogens is 3. The maximum absolute atomic E-state index is 13.0. The molecule has 248 valence electrons. The van der Waals surface area contributed by atoms with E-state index in [1.54, 1.807) is 11.8 Å². The van der Waals surface area contributed by atoms with Crippen LogP contribution in [0.5, 0.6) is 5.75 Å². The molecule has 0 saturated carbocycles. The third kappa shape index (κ3) is 8.94. The minimum absolute atomic E-state index is 0.171. The highest BCUT2D eigenvalue weighted by molar-refractivity contribution is 8.14. The van der Waals surface area contributed by atoms with Gasteiger partial charge in [-0.1, -0.05) is 68.9 Å². The Balaban J connectivity index is 1.17. The van der Waals surface area contributed by atoms with E-state index in [9.17, 15) is 18.0 Å². The first kappa shape index (κ1) is 34.0. The second-order valence-corrected chi connectivity index (χ2v) is 13.3. The van der Waals surface area contributed by atoms with Crippen molar-refractivity contribution in [2.75, 3.05) is 17.2 Å². The summed E-state index contributed by atoms with van der Waals surface area (Å²) in [6, 6.07) is 19.7. The van der Waals surface area contributed by atoms with Crippen LogP contribution in [0, 0.1) is 12.8 Å². The number of nitrogens with one attached hydrogen (secondary N) is 1. The molecule has 0 radical (unpaired) electrons. The van der Waals surface area contributed by atoms with Gasteiger partial charge in [0.05, 0.1) is 5.69 Å². The SMILES string of the molecule is Cc1ccc(C(C)C)c(N2/C(=N/C(=O)NCC(C)Cc3ccc(-c4ncn(-c5ccc(OC(F)(F)F)cc5)n4)cc3)SCCC2C)c1. The number of alkyl halides is 3. The molecule has 2 amide bonds. The van der Waals surface area contributed by atoms with Crippen molar-refractivity contribution in [2.45, 2.75) is 65.8 Å². The number of carbonyl (C=O) groups excluding carboxylic acids is 1. The Hall–Kier alpha value is -4.32. The van der Waals surface area contributed by atoms with Gasteiger partial charge in [0, 0.05) is 29.6 Å². The van der Waals surface area contributed by atoms with Gasteiger partial charge in [-0.05, 0) is 85.5 Å². The van der Waals surface area contributed by atoms with Crippen LogP contribution in [0.2, 0.25) is 0 Å². The van der Waals surface area contributed by atoms with E-state index in [0.717, 1.165) is 40.6 Å². The first-order valence-corrected chi connectivity index (χ1v) is 16.6.